The molecule has 0 saturated carbocycles. The van der Waals surface area contributed by atoms with E-state index < -0.39 is 17.9 Å². The zero-order chi connectivity index (χ0) is 28.6. The third-order valence-electron chi connectivity index (χ3n) is 6.53. The highest BCUT2D eigenvalue weighted by molar-refractivity contribution is 9.10. The molecule has 11 heteroatoms. The maximum atomic E-state index is 14.0. The van der Waals surface area contributed by atoms with Gasteiger partial charge >= 0.3 is 5.97 Å². The van der Waals surface area contributed by atoms with Gasteiger partial charge in [0.15, 0.2) is 22.1 Å². The van der Waals surface area contributed by atoms with E-state index in [1.54, 1.807) is 43.3 Å². The van der Waals surface area contributed by atoms with Crippen molar-refractivity contribution in [2.75, 3.05) is 25.2 Å². The summed E-state index contributed by atoms with van der Waals surface area (Å²) in [6.45, 7) is 6.55. The standard InChI is InChI=1S/C29H27BrN2O7S/c1-5-7-12-38-20-10-8-16(13-21(20)37-6-2)23-22-24(33)18-14-17(30)9-11-19(18)39-25(22)27(34)32(23)29-31-15(3)26(40-29)28(35)36-4/h8-11,13-14,23H,5-7,12H2,1-4H3. The molecule has 3 heterocycles. The van der Waals surface area contributed by atoms with Gasteiger partial charge in [-0.1, -0.05) is 46.7 Å². The van der Waals surface area contributed by atoms with Crippen LogP contribution in [0.15, 0.2) is 50.1 Å². The number of nitrogens with zero attached hydrogens (tertiary/aromatic N) is 2. The van der Waals surface area contributed by atoms with Crippen LogP contribution in [-0.4, -0.2) is 37.2 Å². The first-order valence-electron chi connectivity index (χ1n) is 12.8. The minimum absolute atomic E-state index is 0.0708. The van der Waals surface area contributed by atoms with Gasteiger partial charge in [0.05, 0.1) is 43.0 Å². The number of aryl methyl sites for hydroxylation is 1. The van der Waals surface area contributed by atoms with Gasteiger partial charge in [0, 0.05) is 4.47 Å². The van der Waals surface area contributed by atoms with Crippen LogP contribution < -0.4 is 19.8 Å². The van der Waals surface area contributed by atoms with Gasteiger partial charge in [-0.05, 0) is 56.2 Å². The third-order valence-corrected chi connectivity index (χ3v) is 8.16. The number of aromatic nitrogens is 1. The van der Waals surface area contributed by atoms with E-state index in [4.69, 9.17) is 18.6 Å². The number of ether oxygens (including phenoxy) is 3. The monoisotopic (exact) mass is 626 g/mol. The summed E-state index contributed by atoms with van der Waals surface area (Å²) in [4.78, 5) is 46.4. The molecule has 0 aliphatic carbocycles. The Morgan fingerprint density at radius 1 is 1.12 bits per heavy atom. The first-order valence-corrected chi connectivity index (χ1v) is 14.4. The van der Waals surface area contributed by atoms with Crippen molar-refractivity contribution in [3.63, 3.8) is 0 Å². The molecule has 1 aliphatic rings. The van der Waals surface area contributed by atoms with E-state index in [0.29, 0.717) is 51.4 Å². The molecule has 0 spiro atoms. The van der Waals surface area contributed by atoms with Crippen molar-refractivity contribution in [3.05, 3.63) is 78.6 Å². The molecule has 1 atom stereocenters. The number of unbranched alkanes of at least 4 members (excludes halogenated alkanes) is 1. The van der Waals surface area contributed by atoms with Crippen LogP contribution in [0.1, 0.15) is 69.8 Å². The van der Waals surface area contributed by atoms with Gasteiger partial charge in [0.1, 0.15) is 10.5 Å². The predicted octanol–water partition coefficient (Wildman–Crippen LogP) is 6.43. The van der Waals surface area contributed by atoms with Gasteiger partial charge in [0.2, 0.25) is 5.76 Å². The number of halogens is 1. The summed E-state index contributed by atoms with van der Waals surface area (Å²) >= 11 is 4.44. The fraction of sp³-hybridized carbons (Fsp3) is 0.310. The van der Waals surface area contributed by atoms with Gasteiger partial charge in [-0.3, -0.25) is 14.5 Å². The van der Waals surface area contributed by atoms with Crippen molar-refractivity contribution in [1.29, 1.82) is 0 Å². The number of esters is 1. The number of carbonyl (C=O) groups excluding carboxylic acids is 2. The smallest absolute Gasteiger partial charge is 0.350 e. The summed E-state index contributed by atoms with van der Waals surface area (Å²) in [5, 5.41) is 0.577. The Labute approximate surface area is 242 Å². The van der Waals surface area contributed by atoms with Crippen LogP contribution in [0.2, 0.25) is 0 Å². The number of hydrogen-bond acceptors (Lipinski definition) is 9. The Kier molecular flexibility index (Phi) is 7.95. The average Bonchev–Trinajstić information content (AvgIpc) is 3.46. The Morgan fingerprint density at radius 3 is 2.65 bits per heavy atom. The molecule has 0 fully saturated rings. The second kappa shape index (κ2) is 11.4. The molecule has 2 aromatic heterocycles. The quantitative estimate of drug-likeness (QED) is 0.154. The Morgan fingerprint density at radius 2 is 1.93 bits per heavy atom. The molecular weight excluding hydrogens is 600 g/mol. The summed E-state index contributed by atoms with van der Waals surface area (Å²) in [6.07, 6.45) is 1.87. The number of rotatable bonds is 9. The molecule has 40 heavy (non-hydrogen) atoms. The molecule has 1 unspecified atom stereocenters. The number of amides is 1. The van der Waals surface area contributed by atoms with Gasteiger partial charge in [0.25, 0.3) is 5.91 Å². The Hall–Kier alpha value is -3.70. The van der Waals surface area contributed by atoms with Crippen LogP contribution >= 0.6 is 27.3 Å². The lowest BCUT2D eigenvalue weighted by Gasteiger charge is -2.23. The number of hydrogen-bond donors (Lipinski definition) is 0. The van der Waals surface area contributed by atoms with E-state index in [9.17, 15) is 14.4 Å². The Balaban J connectivity index is 1.73. The van der Waals surface area contributed by atoms with E-state index >= 15 is 0 Å². The molecule has 208 valence electrons. The molecule has 0 bridgehead atoms. The SMILES string of the molecule is CCCCOc1ccc(C2c3c(oc4ccc(Br)cc4c3=O)C(=O)N2c2nc(C)c(C(=O)OC)s2)cc1OCC. The van der Waals surface area contributed by atoms with Crippen molar-refractivity contribution in [3.8, 4) is 11.5 Å². The van der Waals surface area contributed by atoms with E-state index in [-0.39, 0.29) is 26.8 Å². The minimum atomic E-state index is -0.887. The molecule has 2 aromatic carbocycles. The molecule has 0 radical (unpaired) electrons. The predicted molar refractivity (Wildman–Crippen MR) is 155 cm³/mol. The molecular formula is C29H27BrN2O7S. The lowest BCUT2D eigenvalue weighted by molar-refractivity contribution is 0.0605. The second-order valence-electron chi connectivity index (χ2n) is 9.14. The topological polar surface area (TPSA) is 108 Å². The van der Waals surface area contributed by atoms with Crippen molar-refractivity contribution < 1.29 is 28.2 Å². The molecule has 5 rings (SSSR count). The molecule has 1 amide bonds. The second-order valence-corrected chi connectivity index (χ2v) is 11.0. The largest absolute Gasteiger partial charge is 0.490 e. The molecule has 4 aromatic rings. The van der Waals surface area contributed by atoms with E-state index in [0.717, 1.165) is 24.2 Å². The van der Waals surface area contributed by atoms with Crippen LogP contribution in [0, 0.1) is 6.92 Å². The summed E-state index contributed by atoms with van der Waals surface area (Å²) in [5.41, 5.74) is 1.16. The van der Waals surface area contributed by atoms with Crippen LogP contribution in [0.25, 0.3) is 11.0 Å². The highest BCUT2D eigenvalue weighted by atomic mass is 79.9. The zero-order valence-corrected chi connectivity index (χ0v) is 24.8. The van der Waals surface area contributed by atoms with Gasteiger partial charge in [-0.2, -0.15) is 0 Å². The summed E-state index contributed by atoms with van der Waals surface area (Å²) in [5.74, 6) is -0.0936. The van der Waals surface area contributed by atoms with Crippen molar-refractivity contribution >= 4 is 55.2 Å². The van der Waals surface area contributed by atoms with Crippen molar-refractivity contribution in [2.45, 2.75) is 39.7 Å². The average molecular weight is 628 g/mol. The van der Waals surface area contributed by atoms with E-state index in [1.165, 1.54) is 12.0 Å². The number of thiazole rings is 1. The number of methoxy groups -OCH3 is 1. The molecule has 0 saturated heterocycles. The first-order chi connectivity index (χ1) is 19.3. The molecule has 1 aliphatic heterocycles. The highest BCUT2D eigenvalue weighted by Gasteiger charge is 2.45. The van der Waals surface area contributed by atoms with Gasteiger partial charge in [-0.25, -0.2) is 9.78 Å². The lowest BCUT2D eigenvalue weighted by atomic mass is 9.98. The molecule has 0 N–H and O–H groups in total. The van der Waals surface area contributed by atoms with Crippen molar-refractivity contribution in [2.24, 2.45) is 0 Å². The zero-order valence-electron chi connectivity index (χ0n) is 22.4. The summed E-state index contributed by atoms with van der Waals surface area (Å²) in [7, 11) is 1.28. The summed E-state index contributed by atoms with van der Waals surface area (Å²) in [6, 6.07) is 9.53. The van der Waals surface area contributed by atoms with Crippen LogP contribution in [0.5, 0.6) is 11.5 Å². The normalized spacial score (nSPS) is 14.5. The van der Waals surface area contributed by atoms with E-state index in [2.05, 4.69) is 27.8 Å². The van der Waals surface area contributed by atoms with Crippen LogP contribution in [0.3, 0.4) is 0 Å². The molecule has 9 nitrogen and oxygen atoms in total. The summed E-state index contributed by atoms with van der Waals surface area (Å²) < 4.78 is 23.5. The lowest BCUT2D eigenvalue weighted by Crippen LogP contribution is -2.29. The highest BCUT2D eigenvalue weighted by Crippen LogP contribution is 2.45. The van der Waals surface area contributed by atoms with Crippen LogP contribution in [-0.2, 0) is 4.74 Å². The number of benzene rings is 2. The Bertz CT molecular complexity index is 1680. The minimum Gasteiger partial charge on any atom is -0.490 e. The van der Waals surface area contributed by atoms with E-state index in [1.807, 2.05) is 6.92 Å². The van der Waals surface area contributed by atoms with Crippen LogP contribution in [0.4, 0.5) is 5.13 Å². The van der Waals surface area contributed by atoms with Gasteiger partial charge in [-0.15, -0.1) is 0 Å². The fourth-order valence-corrected chi connectivity index (χ4v) is 6.01. The third kappa shape index (κ3) is 4.88. The number of anilines is 1. The van der Waals surface area contributed by atoms with Crippen molar-refractivity contribution in [1.82, 2.24) is 4.98 Å². The van der Waals surface area contributed by atoms with Gasteiger partial charge < -0.3 is 18.6 Å². The maximum Gasteiger partial charge on any atom is 0.350 e. The number of carbonyl (C=O) groups is 2. The first kappa shape index (κ1) is 27.9. The number of fused-ring (bicyclic) bond motifs is 2. The maximum absolute atomic E-state index is 14.0. The fourth-order valence-electron chi connectivity index (χ4n) is 4.63.